The lowest BCUT2D eigenvalue weighted by Gasteiger charge is -2.38. The molecule has 1 N–H and O–H groups in total. The molecular weight excluding hydrogens is 228 g/mol. The van der Waals surface area contributed by atoms with Crippen LogP contribution in [0, 0.1) is 5.92 Å². The molecule has 0 amide bonds. The van der Waals surface area contributed by atoms with Crippen molar-refractivity contribution < 1.29 is 9.32 Å². The quantitative estimate of drug-likeness (QED) is 0.778. The first kappa shape index (κ1) is 13.3. The fourth-order valence-electron chi connectivity index (χ4n) is 1.79. The third-order valence-corrected chi connectivity index (χ3v) is 6.58. The molecule has 15 heavy (non-hydrogen) atoms. The summed E-state index contributed by atoms with van der Waals surface area (Å²) in [5, 5.41) is 10.2. The summed E-state index contributed by atoms with van der Waals surface area (Å²) in [6.45, 7) is 5.87. The minimum absolute atomic E-state index is 0.135. The maximum absolute atomic E-state index is 12.1. The molecule has 0 aromatic carbocycles. The van der Waals surface area contributed by atoms with E-state index in [1.165, 1.54) is 0 Å². The number of hydrogen-bond acceptors (Lipinski definition) is 3. The van der Waals surface area contributed by atoms with Gasteiger partial charge in [-0.15, -0.1) is 11.8 Å². The molecule has 1 unspecified atom stereocenters. The van der Waals surface area contributed by atoms with Crippen molar-refractivity contribution in [1.29, 1.82) is 0 Å². The molecule has 0 aromatic heterocycles. The van der Waals surface area contributed by atoms with E-state index in [0.29, 0.717) is 5.75 Å². The molecule has 0 radical (unpaired) electrons. The summed E-state index contributed by atoms with van der Waals surface area (Å²) in [7, 11) is -0.961. The molecule has 1 aliphatic rings. The van der Waals surface area contributed by atoms with Crippen molar-refractivity contribution >= 4 is 22.6 Å². The third kappa shape index (κ3) is 2.66. The topological polar surface area (TPSA) is 37.3 Å². The molecule has 0 aromatic rings. The van der Waals surface area contributed by atoms with Gasteiger partial charge in [0.05, 0.1) is 6.10 Å². The molecule has 0 saturated carbocycles. The Morgan fingerprint density at radius 3 is 2.67 bits per heavy atom. The maximum Gasteiger partial charge on any atom is 0.135 e. The van der Waals surface area contributed by atoms with Crippen molar-refractivity contribution in [3.63, 3.8) is 0 Å². The molecule has 2 nitrogen and oxygen atoms in total. The van der Waals surface area contributed by atoms with Crippen LogP contribution in [-0.4, -0.2) is 31.0 Å². The normalized spacial score (nSPS) is 34.9. The van der Waals surface area contributed by atoms with Gasteiger partial charge in [0.15, 0.2) is 0 Å². The van der Waals surface area contributed by atoms with Crippen molar-refractivity contribution in [3.05, 3.63) is 12.2 Å². The molecule has 1 heterocycles. The van der Waals surface area contributed by atoms with Gasteiger partial charge in [-0.05, 0) is 25.0 Å². The predicted octanol–water partition coefficient (Wildman–Crippen LogP) is 2.16. The van der Waals surface area contributed by atoms with E-state index < -0.39 is 21.0 Å². The van der Waals surface area contributed by atoms with Crippen LogP contribution in [0.15, 0.2) is 12.2 Å². The molecule has 0 bridgehead atoms. The van der Waals surface area contributed by atoms with Gasteiger partial charge in [0.25, 0.3) is 0 Å². The van der Waals surface area contributed by atoms with Crippen molar-refractivity contribution in [2.45, 2.75) is 37.4 Å². The number of aliphatic hydroxyl groups is 1. The fraction of sp³-hybridized carbons (Fsp3) is 0.818. The Hall–Kier alpha value is 0.200. The minimum atomic E-state index is -0.961. The molecule has 1 saturated heterocycles. The SMILES string of the molecule is C/C=C/[C@@]1([C@H](O)C(C)C)SCCCS1=O. The number of hydrogen-bond donors (Lipinski definition) is 1. The van der Waals surface area contributed by atoms with E-state index in [-0.39, 0.29) is 5.92 Å². The Kier molecular flexibility index (Phi) is 4.87. The highest BCUT2D eigenvalue weighted by molar-refractivity contribution is 8.13. The summed E-state index contributed by atoms with van der Waals surface area (Å²) >= 11 is 1.64. The molecule has 0 spiro atoms. The van der Waals surface area contributed by atoms with E-state index in [2.05, 4.69) is 0 Å². The van der Waals surface area contributed by atoms with Crippen LogP contribution in [-0.2, 0) is 10.8 Å². The zero-order chi connectivity index (χ0) is 11.5. The molecule has 1 fully saturated rings. The summed E-state index contributed by atoms with van der Waals surface area (Å²) in [4.78, 5) is 0. The van der Waals surface area contributed by atoms with Gasteiger partial charge >= 0.3 is 0 Å². The first-order valence-corrected chi connectivity index (χ1v) is 7.69. The average Bonchev–Trinajstić information content (AvgIpc) is 2.20. The highest BCUT2D eigenvalue weighted by Crippen LogP contribution is 2.41. The van der Waals surface area contributed by atoms with Crippen LogP contribution in [0.3, 0.4) is 0 Å². The van der Waals surface area contributed by atoms with Crippen LogP contribution in [0.4, 0.5) is 0 Å². The smallest absolute Gasteiger partial charge is 0.135 e. The van der Waals surface area contributed by atoms with Crippen molar-refractivity contribution in [3.8, 4) is 0 Å². The van der Waals surface area contributed by atoms with Gasteiger partial charge in [0.1, 0.15) is 4.08 Å². The van der Waals surface area contributed by atoms with E-state index >= 15 is 0 Å². The van der Waals surface area contributed by atoms with Crippen molar-refractivity contribution in [1.82, 2.24) is 0 Å². The summed E-state index contributed by atoms with van der Waals surface area (Å²) < 4.78 is 11.6. The van der Waals surface area contributed by atoms with Gasteiger partial charge in [-0.2, -0.15) is 0 Å². The van der Waals surface area contributed by atoms with Crippen LogP contribution in [0.2, 0.25) is 0 Å². The average molecular weight is 248 g/mol. The number of thioether (sulfide) groups is 1. The van der Waals surface area contributed by atoms with Gasteiger partial charge in [-0.25, -0.2) is 0 Å². The molecule has 3 atom stereocenters. The van der Waals surface area contributed by atoms with Gasteiger partial charge < -0.3 is 5.11 Å². The molecule has 0 aliphatic carbocycles. The van der Waals surface area contributed by atoms with Gasteiger partial charge in [0.2, 0.25) is 0 Å². The molecular formula is C11H20O2S2. The Bertz CT molecular complexity index is 263. The van der Waals surface area contributed by atoms with Crippen LogP contribution in [0.5, 0.6) is 0 Å². The predicted molar refractivity (Wildman–Crippen MR) is 68.5 cm³/mol. The van der Waals surface area contributed by atoms with E-state index in [9.17, 15) is 9.32 Å². The lowest BCUT2D eigenvalue weighted by molar-refractivity contribution is 0.123. The minimum Gasteiger partial charge on any atom is -0.390 e. The highest BCUT2D eigenvalue weighted by Gasteiger charge is 2.44. The monoisotopic (exact) mass is 248 g/mol. The summed E-state index contributed by atoms with van der Waals surface area (Å²) in [5.74, 6) is 1.83. The van der Waals surface area contributed by atoms with Crippen LogP contribution >= 0.6 is 11.8 Å². The first-order valence-electron chi connectivity index (χ1n) is 5.39. The lowest BCUT2D eigenvalue weighted by Crippen LogP contribution is -2.47. The second-order valence-corrected chi connectivity index (χ2v) is 7.57. The molecule has 88 valence electrons. The van der Waals surface area contributed by atoms with Gasteiger partial charge in [-0.1, -0.05) is 26.0 Å². The standard InChI is InChI=1S/C11H20O2S2/c1-4-6-11(10(12)9(2)3)14-7-5-8-15(11)13/h4,6,9-10,12H,5,7-8H2,1-3H3/b6-4+/t10-,11-,15?/m1/s1. The van der Waals surface area contributed by atoms with Gasteiger partial charge in [-0.3, -0.25) is 4.21 Å². The highest BCUT2D eigenvalue weighted by atomic mass is 32.2. The summed E-state index contributed by atoms with van der Waals surface area (Å²) in [5.41, 5.74) is 0. The number of rotatable bonds is 3. The first-order chi connectivity index (χ1) is 7.04. The Balaban J connectivity index is 3.00. The lowest BCUT2D eigenvalue weighted by atomic mass is 10.0. The van der Waals surface area contributed by atoms with Crippen LogP contribution in [0.25, 0.3) is 0 Å². The Labute approximate surface area is 99.0 Å². The molecule has 1 rings (SSSR count). The Morgan fingerprint density at radius 2 is 2.20 bits per heavy atom. The van der Waals surface area contributed by atoms with E-state index in [0.717, 1.165) is 12.2 Å². The summed E-state index contributed by atoms with van der Waals surface area (Å²) in [6, 6.07) is 0. The van der Waals surface area contributed by atoms with Crippen LogP contribution in [0.1, 0.15) is 27.2 Å². The third-order valence-electron chi connectivity index (χ3n) is 2.60. The molecule has 4 heteroatoms. The summed E-state index contributed by atoms with van der Waals surface area (Å²) in [6.07, 6.45) is 4.29. The second-order valence-electron chi connectivity index (χ2n) is 4.16. The zero-order valence-electron chi connectivity index (χ0n) is 9.60. The maximum atomic E-state index is 12.1. The second kappa shape index (κ2) is 5.51. The van der Waals surface area contributed by atoms with Crippen molar-refractivity contribution in [2.75, 3.05) is 11.5 Å². The van der Waals surface area contributed by atoms with E-state index in [1.807, 2.05) is 32.9 Å². The Morgan fingerprint density at radius 1 is 1.53 bits per heavy atom. The fourth-order valence-corrected chi connectivity index (χ4v) is 5.83. The molecule has 1 aliphatic heterocycles. The number of aliphatic hydroxyl groups excluding tert-OH is 1. The number of allylic oxidation sites excluding steroid dienone is 1. The van der Waals surface area contributed by atoms with Crippen molar-refractivity contribution in [2.24, 2.45) is 5.92 Å². The van der Waals surface area contributed by atoms with Crippen LogP contribution < -0.4 is 0 Å². The van der Waals surface area contributed by atoms with E-state index in [4.69, 9.17) is 0 Å². The largest absolute Gasteiger partial charge is 0.390 e. The van der Waals surface area contributed by atoms with Gasteiger partial charge in [0, 0.05) is 16.6 Å². The zero-order valence-corrected chi connectivity index (χ0v) is 11.2. The van der Waals surface area contributed by atoms with E-state index in [1.54, 1.807) is 11.8 Å².